The third kappa shape index (κ3) is 6.77. The average Bonchev–Trinajstić information content (AvgIpc) is 2.50. The average molecular weight is 364 g/mol. The van der Waals surface area contributed by atoms with E-state index in [0.717, 1.165) is 0 Å². The highest BCUT2D eigenvalue weighted by Gasteiger charge is 2.37. The third-order valence-corrected chi connectivity index (χ3v) is 3.65. The predicted molar refractivity (Wildman–Crippen MR) is 95.6 cm³/mol. The second kappa shape index (κ2) is 8.18. The van der Waals surface area contributed by atoms with E-state index in [2.05, 4.69) is 0 Å². The molecule has 0 amide bonds. The minimum absolute atomic E-state index is 0.103. The summed E-state index contributed by atoms with van der Waals surface area (Å²) < 4.78 is 22.4. The number of rotatable bonds is 5. The standard InChI is InChI=1S/C20H28O6/c1-19(2,3)26-17(21)12-15-11-16(25-20(4,5)24-15)13-23-18(22)14-9-7-6-8-10-14/h6-10,15-16H,11-13H2,1-5H3. The van der Waals surface area contributed by atoms with Crippen LogP contribution in [0.25, 0.3) is 0 Å². The third-order valence-electron chi connectivity index (χ3n) is 3.65. The van der Waals surface area contributed by atoms with E-state index in [4.69, 9.17) is 18.9 Å². The molecule has 1 aliphatic heterocycles. The van der Waals surface area contributed by atoms with Gasteiger partial charge < -0.3 is 18.9 Å². The lowest BCUT2D eigenvalue weighted by Gasteiger charge is -2.40. The first-order valence-corrected chi connectivity index (χ1v) is 8.84. The molecule has 2 atom stereocenters. The summed E-state index contributed by atoms with van der Waals surface area (Å²) in [6.45, 7) is 9.13. The molecule has 144 valence electrons. The van der Waals surface area contributed by atoms with Crippen molar-refractivity contribution in [1.82, 2.24) is 0 Å². The molecule has 0 N–H and O–H groups in total. The topological polar surface area (TPSA) is 71.1 Å². The molecule has 6 nitrogen and oxygen atoms in total. The van der Waals surface area contributed by atoms with Crippen molar-refractivity contribution in [2.24, 2.45) is 0 Å². The summed E-state index contributed by atoms with van der Waals surface area (Å²) in [6, 6.07) is 8.79. The molecular weight excluding hydrogens is 336 g/mol. The zero-order valence-electron chi connectivity index (χ0n) is 16.1. The van der Waals surface area contributed by atoms with Crippen LogP contribution in [0.3, 0.4) is 0 Å². The maximum Gasteiger partial charge on any atom is 0.338 e. The van der Waals surface area contributed by atoms with E-state index in [1.807, 2.05) is 26.8 Å². The Balaban J connectivity index is 1.90. The smallest absolute Gasteiger partial charge is 0.338 e. The van der Waals surface area contributed by atoms with Crippen LogP contribution in [0.1, 0.15) is 57.8 Å². The van der Waals surface area contributed by atoms with Gasteiger partial charge in [-0.15, -0.1) is 0 Å². The molecule has 0 aromatic heterocycles. The fourth-order valence-corrected chi connectivity index (χ4v) is 2.84. The van der Waals surface area contributed by atoms with Gasteiger partial charge in [0.15, 0.2) is 5.79 Å². The molecular formula is C20H28O6. The minimum Gasteiger partial charge on any atom is -0.460 e. The fraction of sp³-hybridized carbons (Fsp3) is 0.600. The van der Waals surface area contributed by atoms with Gasteiger partial charge in [-0.2, -0.15) is 0 Å². The van der Waals surface area contributed by atoms with Crippen LogP contribution in [0, 0.1) is 0 Å². The summed E-state index contributed by atoms with van der Waals surface area (Å²) in [6.07, 6.45) is -0.120. The summed E-state index contributed by atoms with van der Waals surface area (Å²) in [5.74, 6) is -1.59. The van der Waals surface area contributed by atoms with Gasteiger partial charge in [-0.05, 0) is 46.8 Å². The van der Waals surface area contributed by atoms with E-state index in [1.165, 1.54) is 0 Å². The van der Waals surface area contributed by atoms with Crippen LogP contribution in [0.4, 0.5) is 0 Å². The molecule has 1 aromatic carbocycles. The SMILES string of the molecule is CC(C)(C)OC(=O)CC1CC(COC(=O)c2ccccc2)OC(C)(C)O1. The molecule has 1 aromatic rings. The number of benzene rings is 1. The largest absolute Gasteiger partial charge is 0.460 e. The van der Waals surface area contributed by atoms with Crippen LogP contribution in [-0.4, -0.2) is 42.1 Å². The van der Waals surface area contributed by atoms with Gasteiger partial charge in [0.05, 0.1) is 24.2 Å². The lowest BCUT2D eigenvalue weighted by molar-refractivity contribution is -0.304. The molecule has 1 saturated heterocycles. The summed E-state index contributed by atoms with van der Waals surface area (Å²) in [7, 11) is 0. The molecule has 0 radical (unpaired) electrons. The molecule has 26 heavy (non-hydrogen) atoms. The number of hydrogen-bond acceptors (Lipinski definition) is 6. The predicted octanol–water partition coefficient (Wildman–Crippen LogP) is 3.49. The van der Waals surface area contributed by atoms with Gasteiger partial charge in [-0.3, -0.25) is 4.79 Å². The Morgan fingerprint density at radius 1 is 1.12 bits per heavy atom. The van der Waals surface area contributed by atoms with Gasteiger partial charge in [0.25, 0.3) is 0 Å². The van der Waals surface area contributed by atoms with E-state index < -0.39 is 17.4 Å². The van der Waals surface area contributed by atoms with Crippen molar-refractivity contribution < 1.29 is 28.5 Å². The first-order chi connectivity index (χ1) is 12.0. The van der Waals surface area contributed by atoms with Crippen molar-refractivity contribution in [3.63, 3.8) is 0 Å². The number of carbonyl (C=O) groups is 2. The zero-order chi connectivity index (χ0) is 19.4. The Morgan fingerprint density at radius 3 is 2.35 bits per heavy atom. The summed E-state index contributed by atoms with van der Waals surface area (Å²) >= 11 is 0. The van der Waals surface area contributed by atoms with Crippen LogP contribution >= 0.6 is 0 Å². The Bertz CT molecular complexity index is 617. The van der Waals surface area contributed by atoms with Crippen molar-refractivity contribution in [2.45, 2.75) is 71.1 Å². The molecule has 1 fully saturated rings. The first kappa shape index (κ1) is 20.4. The van der Waals surface area contributed by atoms with Gasteiger partial charge in [0, 0.05) is 6.42 Å². The van der Waals surface area contributed by atoms with E-state index in [1.54, 1.807) is 38.1 Å². The Hall–Kier alpha value is -1.92. The number of hydrogen-bond donors (Lipinski definition) is 0. The highest BCUT2D eigenvalue weighted by Crippen LogP contribution is 2.29. The molecule has 0 spiro atoms. The van der Waals surface area contributed by atoms with Crippen molar-refractivity contribution >= 4 is 11.9 Å². The maximum atomic E-state index is 12.1. The van der Waals surface area contributed by atoms with E-state index in [0.29, 0.717) is 12.0 Å². The van der Waals surface area contributed by atoms with E-state index >= 15 is 0 Å². The molecule has 6 heteroatoms. The number of esters is 2. The lowest BCUT2D eigenvalue weighted by atomic mass is 10.1. The normalized spacial score (nSPS) is 22.5. The van der Waals surface area contributed by atoms with E-state index in [-0.39, 0.29) is 31.2 Å². The molecule has 2 rings (SSSR count). The van der Waals surface area contributed by atoms with Crippen molar-refractivity contribution in [1.29, 1.82) is 0 Å². The Labute approximate surface area is 154 Å². The van der Waals surface area contributed by atoms with Gasteiger partial charge in [0.2, 0.25) is 0 Å². The summed E-state index contributed by atoms with van der Waals surface area (Å²) in [5, 5.41) is 0. The van der Waals surface area contributed by atoms with Gasteiger partial charge in [-0.1, -0.05) is 18.2 Å². The van der Waals surface area contributed by atoms with Crippen molar-refractivity contribution in [2.75, 3.05) is 6.61 Å². The monoisotopic (exact) mass is 364 g/mol. The number of carbonyl (C=O) groups excluding carboxylic acids is 2. The quantitative estimate of drug-likeness (QED) is 0.745. The van der Waals surface area contributed by atoms with Crippen LogP contribution in [0.15, 0.2) is 30.3 Å². The second-order valence-electron chi connectivity index (χ2n) is 7.87. The molecule has 1 heterocycles. The van der Waals surface area contributed by atoms with Crippen molar-refractivity contribution in [3.05, 3.63) is 35.9 Å². The van der Waals surface area contributed by atoms with Gasteiger partial charge in [0.1, 0.15) is 12.2 Å². The Morgan fingerprint density at radius 2 is 1.73 bits per heavy atom. The highest BCUT2D eigenvalue weighted by molar-refractivity contribution is 5.89. The lowest BCUT2D eigenvalue weighted by Crippen LogP contribution is -2.47. The summed E-state index contributed by atoms with van der Waals surface area (Å²) in [4.78, 5) is 24.1. The van der Waals surface area contributed by atoms with Gasteiger partial charge >= 0.3 is 11.9 Å². The first-order valence-electron chi connectivity index (χ1n) is 8.84. The summed E-state index contributed by atoms with van der Waals surface area (Å²) in [5.41, 5.74) is -0.0494. The fourth-order valence-electron chi connectivity index (χ4n) is 2.84. The molecule has 0 saturated carbocycles. The van der Waals surface area contributed by atoms with Crippen LogP contribution < -0.4 is 0 Å². The van der Waals surface area contributed by atoms with Gasteiger partial charge in [-0.25, -0.2) is 4.79 Å². The highest BCUT2D eigenvalue weighted by atomic mass is 16.7. The van der Waals surface area contributed by atoms with E-state index in [9.17, 15) is 9.59 Å². The molecule has 1 aliphatic rings. The molecule has 0 aliphatic carbocycles. The van der Waals surface area contributed by atoms with Crippen molar-refractivity contribution in [3.8, 4) is 0 Å². The van der Waals surface area contributed by atoms with Crippen LogP contribution in [0.2, 0.25) is 0 Å². The van der Waals surface area contributed by atoms with Crippen LogP contribution in [-0.2, 0) is 23.7 Å². The molecule has 2 unspecified atom stereocenters. The number of ether oxygens (including phenoxy) is 4. The second-order valence-corrected chi connectivity index (χ2v) is 7.87. The maximum absolute atomic E-state index is 12.1. The Kier molecular flexibility index (Phi) is 6.42. The zero-order valence-corrected chi connectivity index (χ0v) is 16.1. The minimum atomic E-state index is -0.866. The molecule has 0 bridgehead atoms. The van der Waals surface area contributed by atoms with Crippen LogP contribution in [0.5, 0.6) is 0 Å².